The molecule has 0 saturated heterocycles. The van der Waals surface area contributed by atoms with E-state index < -0.39 is 5.97 Å². The van der Waals surface area contributed by atoms with E-state index in [1.807, 2.05) is 59.2 Å². The number of carboxylic acid groups (broad SMARTS) is 1. The number of carboxylic acids is 1. The second-order valence-electron chi connectivity index (χ2n) is 9.76. The minimum absolute atomic E-state index is 0.160. The summed E-state index contributed by atoms with van der Waals surface area (Å²) >= 11 is 0. The van der Waals surface area contributed by atoms with Gasteiger partial charge < -0.3 is 16.2 Å². The summed E-state index contributed by atoms with van der Waals surface area (Å²) in [4.78, 5) is 43.0. The molecule has 0 unspecified atom stereocenters. The van der Waals surface area contributed by atoms with Crippen LogP contribution in [-0.4, -0.2) is 41.5 Å². The average Bonchev–Trinajstić information content (AvgIpc) is 3.37. The summed E-state index contributed by atoms with van der Waals surface area (Å²) in [7, 11) is 0. The molecule has 6 rings (SSSR count). The maximum atomic E-state index is 13.1. The fourth-order valence-electron chi connectivity index (χ4n) is 4.83. The molecule has 6 aromatic rings. The third-order valence-corrected chi connectivity index (χ3v) is 6.95. The van der Waals surface area contributed by atoms with Crippen molar-refractivity contribution in [2.24, 2.45) is 0 Å². The first-order valence-electron chi connectivity index (χ1n) is 13.1. The molecule has 1 amide bonds. The topological polar surface area (TPSA) is 149 Å². The second-order valence-corrected chi connectivity index (χ2v) is 9.76. The lowest BCUT2D eigenvalue weighted by molar-refractivity contribution is 0.0695. The number of nitrogen functional groups attached to an aromatic ring is 1. The van der Waals surface area contributed by atoms with Crippen molar-refractivity contribution in [3.05, 3.63) is 114 Å². The van der Waals surface area contributed by atoms with Gasteiger partial charge in [0, 0.05) is 17.3 Å². The van der Waals surface area contributed by atoms with Crippen molar-refractivity contribution in [1.29, 1.82) is 0 Å². The van der Waals surface area contributed by atoms with Gasteiger partial charge in [-0.15, -0.1) is 0 Å². The molecule has 0 radical (unpaired) electrons. The number of nitrogens with two attached hydrogens (primary N) is 1. The maximum Gasteiger partial charge on any atom is 0.335 e. The van der Waals surface area contributed by atoms with E-state index in [1.54, 1.807) is 44.4 Å². The third kappa shape index (κ3) is 4.81. The summed E-state index contributed by atoms with van der Waals surface area (Å²) in [5.41, 5.74) is 12.2. The summed E-state index contributed by atoms with van der Waals surface area (Å²) in [6.45, 7) is 3.36. The largest absolute Gasteiger partial charge is 0.478 e. The molecule has 42 heavy (non-hydrogen) atoms. The minimum atomic E-state index is -1.04. The van der Waals surface area contributed by atoms with E-state index >= 15 is 0 Å². The van der Waals surface area contributed by atoms with Crippen molar-refractivity contribution in [2.75, 3.05) is 11.1 Å². The molecule has 0 aliphatic carbocycles. The summed E-state index contributed by atoms with van der Waals surface area (Å²) in [5.74, 6) is -0.221. The molecule has 2 aromatic carbocycles. The zero-order valence-corrected chi connectivity index (χ0v) is 22.7. The number of imidazole rings is 1. The van der Waals surface area contributed by atoms with Crippen molar-refractivity contribution in [3.8, 4) is 28.3 Å². The van der Waals surface area contributed by atoms with Crippen LogP contribution in [0.3, 0.4) is 0 Å². The Balaban J connectivity index is 1.40. The van der Waals surface area contributed by atoms with E-state index in [4.69, 9.17) is 15.7 Å². The van der Waals surface area contributed by atoms with Gasteiger partial charge in [0.15, 0.2) is 11.5 Å². The number of rotatable bonds is 6. The van der Waals surface area contributed by atoms with E-state index in [0.717, 1.165) is 11.3 Å². The van der Waals surface area contributed by atoms with E-state index in [1.165, 1.54) is 6.07 Å². The Morgan fingerprint density at radius 2 is 1.62 bits per heavy atom. The molecular weight excluding hydrogens is 530 g/mol. The van der Waals surface area contributed by atoms with Gasteiger partial charge in [-0.25, -0.2) is 24.7 Å². The zero-order valence-electron chi connectivity index (χ0n) is 22.7. The van der Waals surface area contributed by atoms with E-state index in [2.05, 4.69) is 15.3 Å². The average molecular weight is 556 g/mol. The molecule has 0 aliphatic rings. The summed E-state index contributed by atoms with van der Waals surface area (Å²) in [6, 6.07) is 23.9. The van der Waals surface area contributed by atoms with Crippen molar-refractivity contribution >= 4 is 34.7 Å². The molecule has 10 heteroatoms. The number of hydrogen-bond donors (Lipinski definition) is 3. The molecule has 4 aromatic heterocycles. The molecule has 4 heterocycles. The molecule has 0 saturated carbocycles. The Morgan fingerprint density at radius 1 is 0.857 bits per heavy atom. The fourth-order valence-corrected chi connectivity index (χ4v) is 4.83. The number of anilines is 2. The normalized spacial score (nSPS) is 11.0. The van der Waals surface area contributed by atoms with Crippen LogP contribution in [0.15, 0.2) is 91.3 Å². The zero-order chi connectivity index (χ0) is 29.4. The van der Waals surface area contributed by atoms with Crippen LogP contribution in [0.5, 0.6) is 0 Å². The third-order valence-electron chi connectivity index (χ3n) is 6.95. The van der Waals surface area contributed by atoms with Crippen LogP contribution in [0.4, 0.5) is 11.6 Å². The molecule has 206 valence electrons. The van der Waals surface area contributed by atoms with Gasteiger partial charge in [0.2, 0.25) is 0 Å². The SMILES string of the molecule is Cc1cc(C(=O)Nc2ccc(-n3c(-c4cccnc4N)nc4ccc(-c5ccccc5)nc43)cn2)c(C)cc1C(=O)O. The van der Waals surface area contributed by atoms with Gasteiger partial charge in [-0.1, -0.05) is 30.3 Å². The number of amides is 1. The molecule has 0 fully saturated rings. The number of aryl methyl sites for hydroxylation is 2. The van der Waals surface area contributed by atoms with Crippen LogP contribution < -0.4 is 11.1 Å². The van der Waals surface area contributed by atoms with Gasteiger partial charge in [0.05, 0.1) is 28.7 Å². The maximum absolute atomic E-state index is 13.1. The number of benzene rings is 2. The van der Waals surface area contributed by atoms with Crippen LogP contribution in [-0.2, 0) is 0 Å². The second kappa shape index (κ2) is 10.6. The van der Waals surface area contributed by atoms with Crippen LogP contribution in [0.25, 0.3) is 39.5 Å². The predicted molar refractivity (Wildman–Crippen MR) is 161 cm³/mol. The number of hydrogen-bond acceptors (Lipinski definition) is 7. The molecular formula is C32H25N7O3. The van der Waals surface area contributed by atoms with Crippen molar-refractivity contribution in [2.45, 2.75) is 13.8 Å². The number of nitrogens with zero attached hydrogens (tertiary/aromatic N) is 5. The Bertz CT molecular complexity index is 1980. The van der Waals surface area contributed by atoms with Gasteiger partial charge in [-0.2, -0.15) is 0 Å². The van der Waals surface area contributed by atoms with Crippen LogP contribution >= 0.6 is 0 Å². The quantitative estimate of drug-likeness (QED) is 0.237. The van der Waals surface area contributed by atoms with Crippen molar-refractivity contribution < 1.29 is 14.7 Å². The van der Waals surface area contributed by atoms with E-state index in [0.29, 0.717) is 56.6 Å². The lowest BCUT2D eigenvalue weighted by atomic mass is 9.99. The fraction of sp³-hybridized carbons (Fsp3) is 0.0625. The highest BCUT2D eigenvalue weighted by Crippen LogP contribution is 2.31. The first kappa shape index (κ1) is 26.3. The molecule has 0 spiro atoms. The molecule has 10 nitrogen and oxygen atoms in total. The van der Waals surface area contributed by atoms with Gasteiger partial charge >= 0.3 is 5.97 Å². The van der Waals surface area contributed by atoms with Gasteiger partial charge in [-0.3, -0.25) is 9.36 Å². The number of fused-ring (bicyclic) bond motifs is 1. The highest BCUT2D eigenvalue weighted by molar-refractivity contribution is 6.05. The summed E-state index contributed by atoms with van der Waals surface area (Å²) in [5, 5.41) is 12.2. The van der Waals surface area contributed by atoms with Crippen molar-refractivity contribution in [3.63, 3.8) is 0 Å². The lowest BCUT2D eigenvalue weighted by Crippen LogP contribution is -2.16. The molecule has 0 bridgehead atoms. The minimum Gasteiger partial charge on any atom is -0.478 e. The summed E-state index contributed by atoms with van der Waals surface area (Å²) in [6.07, 6.45) is 3.24. The highest BCUT2D eigenvalue weighted by atomic mass is 16.4. The van der Waals surface area contributed by atoms with E-state index in [9.17, 15) is 14.7 Å². The van der Waals surface area contributed by atoms with Gasteiger partial charge in [0.1, 0.15) is 17.2 Å². The van der Waals surface area contributed by atoms with Gasteiger partial charge in [0.25, 0.3) is 5.91 Å². The highest BCUT2D eigenvalue weighted by Gasteiger charge is 2.20. The van der Waals surface area contributed by atoms with Crippen LogP contribution in [0.1, 0.15) is 31.8 Å². The van der Waals surface area contributed by atoms with E-state index in [-0.39, 0.29) is 11.5 Å². The Kier molecular flexibility index (Phi) is 6.63. The smallest absolute Gasteiger partial charge is 0.335 e. The molecule has 0 aliphatic heterocycles. The Morgan fingerprint density at radius 3 is 2.33 bits per heavy atom. The molecule has 4 N–H and O–H groups in total. The first-order chi connectivity index (χ1) is 20.3. The number of aromatic nitrogens is 5. The number of nitrogens with one attached hydrogen (secondary N) is 1. The monoisotopic (exact) mass is 555 g/mol. The number of pyridine rings is 3. The lowest BCUT2D eigenvalue weighted by Gasteiger charge is -2.12. The first-order valence-corrected chi connectivity index (χ1v) is 13.1. The molecule has 0 atom stereocenters. The summed E-state index contributed by atoms with van der Waals surface area (Å²) < 4.78 is 1.87. The number of carbonyl (C=O) groups excluding carboxylic acids is 1. The van der Waals surface area contributed by atoms with Crippen LogP contribution in [0.2, 0.25) is 0 Å². The van der Waals surface area contributed by atoms with Crippen molar-refractivity contribution in [1.82, 2.24) is 24.5 Å². The predicted octanol–water partition coefficient (Wildman–Crippen LogP) is 5.69. The van der Waals surface area contributed by atoms with Crippen LogP contribution in [0, 0.1) is 13.8 Å². The van der Waals surface area contributed by atoms with Gasteiger partial charge in [-0.05, 0) is 73.5 Å². The Hall–Kier alpha value is -5.90. The number of carbonyl (C=O) groups is 2. The standard InChI is InChI=1S/C32H25N7O3/c1-18-16-24(32(41)42)19(2)15-23(18)31(40)38-27-13-10-21(17-35-27)39-29(22-9-6-14-34-28(22)33)37-26-12-11-25(36-30(26)39)20-7-4-3-5-8-20/h3-17H,1-2H3,(H2,33,34)(H,41,42)(H,35,38,40). The number of aromatic carboxylic acids is 1. The Labute approximate surface area is 240 Å².